The van der Waals surface area contributed by atoms with Gasteiger partial charge in [-0.05, 0) is 18.2 Å². The van der Waals surface area contributed by atoms with Gasteiger partial charge in [-0.2, -0.15) is 0 Å². The molecule has 0 aromatic heterocycles. The lowest BCUT2D eigenvalue weighted by molar-refractivity contribution is -0.137. The number of hydrogen-bond acceptors (Lipinski definition) is 5. The number of ketones is 1. The van der Waals surface area contributed by atoms with Crippen LogP contribution in [0.15, 0.2) is 18.2 Å². The molecule has 0 spiro atoms. The highest BCUT2D eigenvalue weighted by Crippen LogP contribution is 2.31. The second kappa shape index (κ2) is 6.47. The zero-order valence-corrected chi connectivity index (χ0v) is 12.7. The van der Waals surface area contributed by atoms with Gasteiger partial charge < -0.3 is 9.84 Å². The molecule has 122 valence electrons. The molecule has 23 heavy (non-hydrogen) atoms. The van der Waals surface area contributed by atoms with E-state index in [9.17, 15) is 19.2 Å². The molecule has 1 atom stereocenters. The Morgan fingerprint density at radius 3 is 2.61 bits per heavy atom. The number of carbonyl (C=O) groups excluding carboxylic acids is 3. The second-order valence-electron chi connectivity index (χ2n) is 5.19. The highest BCUT2D eigenvalue weighted by molar-refractivity contribution is 6.13. The molecule has 3 amide bonds. The number of methoxy groups -OCH3 is 1. The van der Waals surface area contributed by atoms with E-state index < -0.39 is 23.8 Å². The third-order valence-corrected chi connectivity index (χ3v) is 3.48. The molecule has 1 unspecified atom stereocenters. The number of urea groups is 1. The smallest absolute Gasteiger partial charge is 0.329 e. The van der Waals surface area contributed by atoms with E-state index in [4.69, 9.17) is 9.84 Å². The molecular weight excluding hydrogens is 304 g/mol. The molecule has 2 N–H and O–H groups in total. The van der Waals surface area contributed by atoms with Gasteiger partial charge in [0.05, 0.1) is 19.2 Å². The normalized spacial score (nSPS) is 15.3. The fourth-order valence-corrected chi connectivity index (χ4v) is 2.33. The van der Waals surface area contributed by atoms with E-state index in [2.05, 4.69) is 5.32 Å². The van der Waals surface area contributed by atoms with E-state index in [1.165, 1.54) is 37.1 Å². The predicted octanol–water partition coefficient (Wildman–Crippen LogP) is 1.04. The van der Waals surface area contributed by atoms with Crippen LogP contribution in [0.25, 0.3) is 0 Å². The van der Waals surface area contributed by atoms with Crippen molar-refractivity contribution >= 4 is 29.4 Å². The number of imide groups is 1. The van der Waals surface area contributed by atoms with Gasteiger partial charge in [-0.25, -0.2) is 4.79 Å². The van der Waals surface area contributed by atoms with Crippen molar-refractivity contribution in [3.05, 3.63) is 23.8 Å². The number of nitrogens with one attached hydrogen (secondary N) is 1. The standard InChI is InChI=1S/C15H16N2O6/c1-8(5-13(19)20)14(21)9-3-4-11(23-2)10(6-9)17-7-12(18)16-15(17)22/h3-4,6,8H,5,7H2,1-2H3,(H,19,20)(H,16,18,22). The van der Waals surface area contributed by atoms with Crippen molar-refractivity contribution in [3.8, 4) is 5.75 Å². The van der Waals surface area contributed by atoms with E-state index in [0.717, 1.165) is 0 Å². The van der Waals surface area contributed by atoms with Crippen LogP contribution in [0.2, 0.25) is 0 Å². The quantitative estimate of drug-likeness (QED) is 0.598. The van der Waals surface area contributed by atoms with Crippen LogP contribution in [0.1, 0.15) is 23.7 Å². The Bertz CT molecular complexity index is 685. The van der Waals surface area contributed by atoms with Crippen molar-refractivity contribution in [1.82, 2.24) is 5.32 Å². The molecule has 2 rings (SSSR count). The van der Waals surface area contributed by atoms with Crippen LogP contribution in [0.3, 0.4) is 0 Å². The lowest BCUT2D eigenvalue weighted by atomic mass is 9.96. The van der Waals surface area contributed by atoms with Crippen LogP contribution in [-0.4, -0.2) is 42.5 Å². The molecule has 0 bridgehead atoms. The minimum absolute atomic E-state index is 0.169. The predicted molar refractivity (Wildman–Crippen MR) is 79.6 cm³/mol. The van der Waals surface area contributed by atoms with Gasteiger partial charge in [-0.1, -0.05) is 6.92 Å². The van der Waals surface area contributed by atoms with E-state index in [1.807, 2.05) is 0 Å². The van der Waals surface area contributed by atoms with E-state index in [-0.39, 0.29) is 30.0 Å². The largest absolute Gasteiger partial charge is 0.495 e. The Balaban J connectivity index is 2.35. The summed E-state index contributed by atoms with van der Waals surface area (Å²) in [5, 5.41) is 10.9. The molecule has 1 aromatic carbocycles. The molecule has 1 aliphatic rings. The van der Waals surface area contributed by atoms with Crippen molar-refractivity contribution in [2.24, 2.45) is 5.92 Å². The highest BCUT2D eigenvalue weighted by Gasteiger charge is 2.31. The molecule has 0 saturated carbocycles. The summed E-state index contributed by atoms with van der Waals surface area (Å²) in [5.41, 5.74) is 0.533. The van der Waals surface area contributed by atoms with Crippen LogP contribution in [0.5, 0.6) is 5.75 Å². The average molecular weight is 320 g/mol. The fourth-order valence-electron chi connectivity index (χ4n) is 2.33. The van der Waals surface area contributed by atoms with Gasteiger partial charge in [-0.15, -0.1) is 0 Å². The monoisotopic (exact) mass is 320 g/mol. The van der Waals surface area contributed by atoms with Crippen LogP contribution >= 0.6 is 0 Å². The summed E-state index contributed by atoms with van der Waals surface area (Å²) in [4.78, 5) is 47.3. The van der Waals surface area contributed by atoms with Gasteiger partial charge in [0.1, 0.15) is 12.3 Å². The SMILES string of the molecule is COc1ccc(C(=O)C(C)CC(=O)O)cc1N1CC(=O)NC1=O. The van der Waals surface area contributed by atoms with Crippen molar-refractivity contribution in [3.63, 3.8) is 0 Å². The maximum atomic E-state index is 12.3. The number of carboxylic acids is 1. The summed E-state index contributed by atoms with van der Waals surface area (Å²) in [6.45, 7) is 1.35. The Morgan fingerprint density at radius 1 is 1.39 bits per heavy atom. The van der Waals surface area contributed by atoms with Crippen LogP contribution in [-0.2, 0) is 9.59 Å². The van der Waals surface area contributed by atoms with Gasteiger partial charge in [0.25, 0.3) is 0 Å². The first-order valence-corrected chi connectivity index (χ1v) is 6.89. The molecule has 1 aromatic rings. The first kappa shape index (κ1) is 16.5. The van der Waals surface area contributed by atoms with Crippen LogP contribution in [0, 0.1) is 5.92 Å². The van der Waals surface area contributed by atoms with Gasteiger partial charge in [-0.3, -0.25) is 24.6 Å². The summed E-state index contributed by atoms with van der Waals surface area (Å²) in [6.07, 6.45) is -0.289. The van der Waals surface area contributed by atoms with E-state index in [0.29, 0.717) is 5.75 Å². The number of nitrogens with zero attached hydrogens (tertiary/aromatic N) is 1. The summed E-state index contributed by atoms with van der Waals surface area (Å²) < 4.78 is 5.16. The number of hydrogen-bond donors (Lipinski definition) is 2. The zero-order valence-electron chi connectivity index (χ0n) is 12.7. The molecule has 1 saturated heterocycles. The molecule has 8 heteroatoms. The van der Waals surface area contributed by atoms with E-state index in [1.54, 1.807) is 0 Å². The third kappa shape index (κ3) is 3.47. The zero-order chi connectivity index (χ0) is 17.1. The van der Waals surface area contributed by atoms with Crippen molar-refractivity contribution in [2.75, 3.05) is 18.6 Å². The molecule has 1 fully saturated rings. The summed E-state index contributed by atoms with van der Waals surface area (Å²) in [6, 6.07) is 3.83. The Labute approximate surface area is 132 Å². The average Bonchev–Trinajstić information content (AvgIpc) is 2.83. The number of Topliss-reactive ketones (excluding diaryl/α,β-unsaturated/α-hetero) is 1. The number of carboxylic acid groups (broad SMARTS) is 1. The number of ether oxygens (including phenoxy) is 1. The molecule has 0 radical (unpaired) electrons. The number of amides is 3. The third-order valence-electron chi connectivity index (χ3n) is 3.48. The topological polar surface area (TPSA) is 113 Å². The Morgan fingerprint density at radius 2 is 2.09 bits per heavy atom. The molecule has 1 aliphatic heterocycles. The minimum atomic E-state index is -1.07. The summed E-state index contributed by atoms with van der Waals surface area (Å²) in [5.74, 6) is -2.25. The van der Waals surface area contributed by atoms with Crippen LogP contribution < -0.4 is 15.0 Å². The Kier molecular flexibility index (Phi) is 4.63. The molecule has 8 nitrogen and oxygen atoms in total. The maximum Gasteiger partial charge on any atom is 0.329 e. The van der Waals surface area contributed by atoms with Gasteiger partial charge in [0.15, 0.2) is 5.78 Å². The van der Waals surface area contributed by atoms with Crippen molar-refractivity contribution < 1.29 is 29.0 Å². The second-order valence-corrected chi connectivity index (χ2v) is 5.19. The number of anilines is 1. The highest BCUT2D eigenvalue weighted by atomic mass is 16.5. The number of rotatable bonds is 6. The molecular formula is C15H16N2O6. The number of benzene rings is 1. The minimum Gasteiger partial charge on any atom is -0.495 e. The fraction of sp³-hybridized carbons (Fsp3) is 0.333. The van der Waals surface area contributed by atoms with Crippen LogP contribution in [0.4, 0.5) is 10.5 Å². The van der Waals surface area contributed by atoms with Crippen molar-refractivity contribution in [1.29, 1.82) is 0 Å². The molecule has 1 heterocycles. The lowest BCUT2D eigenvalue weighted by Gasteiger charge is -2.18. The first-order valence-electron chi connectivity index (χ1n) is 6.89. The van der Waals surface area contributed by atoms with Gasteiger partial charge in [0.2, 0.25) is 5.91 Å². The van der Waals surface area contributed by atoms with E-state index >= 15 is 0 Å². The maximum absolute atomic E-state index is 12.3. The first-order chi connectivity index (χ1) is 10.8. The Hall–Kier alpha value is -2.90. The van der Waals surface area contributed by atoms with Crippen molar-refractivity contribution in [2.45, 2.75) is 13.3 Å². The summed E-state index contributed by atoms with van der Waals surface area (Å²) in [7, 11) is 1.41. The number of carbonyl (C=O) groups is 4. The van der Waals surface area contributed by atoms with Gasteiger partial charge >= 0.3 is 12.0 Å². The summed E-state index contributed by atoms with van der Waals surface area (Å²) >= 11 is 0. The number of aliphatic carboxylic acids is 1. The van der Waals surface area contributed by atoms with Gasteiger partial charge in [0, 0.05) is 11.5 Å². The molecule has 0 aliphatic carbocycles. The lowest BCUT2D eigenvalue weighted by Crippen LogP contribution is -2.28.